The number of carboxylic acids is 1. The lowest BCUT2D eigenvalue weighted by Crippen LogP contribution is -2.30. The number of aliphatic hydroxyl groups is 1. The number of aliphatic hydroxyl groups excluding tert-OH is 1. The number of anilines is 1. The first-order valence-electron chi connectivity index (χ1n) is 6.84. The third-order valence-electron chi connectivity index (χ3n) is 4.09. The van der Waals surface area contributed by atoms with Gasteiger partial charge in [0, 0.05) is 18.0 Å². The quantitative estimate of drug-likeness (QED) is 0.548. The molecule has 1 aliphatic rings. The van der Waals surface area contributed by atoms with Gasteiger partial charge in [-0.1, -0.05) is 12.8 Å². The van der Waals surface area contributed by atoms with Crippen molar-refractivity contribution in [1.82, 2.24) is 0 Å². The van der Waals surface area contributed by atoms with Crippen LogP contribution in [0.3, 0.4) is 0 Å². The van der Waals surface area contributed by atoms with E-state index >= 15 is 0 Å². The minimum atomic E-state index is -1.13. The van der Waals surface area contributed by atoms with Crippen molar-refractivity contribution in [2.45, 2.75) is 25.7 Å². The normalized spacial score (nSPS) is 16.6. The number of hydrogen-bond donors (Lipinski definition) is 3. The van der Waals surface area contributed by atoms with E-state index in [2.05, 4.69) is 5.32 Å². The Morgan fingerprint density at radius 3 is 2.57 bits per heavy atom. The van der Waals surface area contributed by atoms with E-state index in [-0.39, 0.29) is 29.0 Å². The van der Waals surface area contributed by atoms with Crippen LogP contribution in [-0.2, 0) is 0 Å². The predicted octanol–water partition coefficient (Wildman–Crippen LogP) is 2.26. The van der Waals surface area contributed by atoms with E-state index in [1.807, 2.05) is 0 Å². The van der Waals surface area contributed by atoms with Crippen molar-refractivity contribution in [3.8, 4) is 0 Å². The largest absolute Gasteiger partial charge is 0.478 e. The minimum absolute atomic E-state index is 0.00688. The second-order valence-corrected chi connectivity index (χ2v) is 5.51. The van der Waals surface area contributed by atoms with Gasteiger partial charge in [-0.05, 0) is 25.0 Å². The van der Waals surface area contributed by atoms with Crippen LogP contribution in [0.5, 0.6) is 0 Å². The molecule has 0 aromatic heterocycles. The van der Waals surface area contributed by atoms with E-state index in [4.69, 9.17) is 5.11 Å². The SMILES string of the molecule is O=C(O)c1ccc([N+](=O)[O-])c(NCC2(CO)CCCC2)c1. The molecule has 1 fully saturated rings. The molecule has 7 nitrogen and oxygen atoms in total. The lowest BCUT2D eigenvalue weighted by Gasteiger charge is -2.27. The van der Waals surface area contributed by atoms with E-state index in [1.54, 1.807) is 0 Å². The Balaban J connectivity index is 2.22. The highest BCUT2D eigenvalue weighted by atomic mass is 16.6. The summed E-state index contributed by atoms with van der Waals surface area (Å²) in [4.78, 5) is 21.4. The summed E-state index contributed by atoms with van der Waals surface area (Å²) < 4.78 is 0. The van der Waals surface area contributed by atoms with Crippen LogP contribution in [0.15, 0.2) is 18.2 Å². The number of nitro benzene ring substituents is 1. The van der Waals surface area contributed by atoms with Crippen molar-refractivity contribution < 1.29 is 19.9 Å². The molecule has 7 heteroatoms. The van der Waals surface area contributed by atoms with Crippen LogP contribution in [0.2, 0.25) is 0 Å². The summed E-state index contributed by atoms with van der Waals surface area (Å²) in [7, 11) is 0. The number of carbonyl (C=O) groups is 1. The summed E-state index contributed by atoms with van der Waals surface area (Å²) in [5.41, 5.74) is -0.258. The number of hydrogen-bond acceptors (Lipinski definition) is 5. The molecule has 0 saturated heterocycles. The maximum Gasteiger partial charge on any atom is 0.335 e. The zero-order valence-electron chi connectivity index (χ0n) is 11.5. The summed E-state index contributed by atoms with van der Waals surface area (Å²) in [5.74, 6) is -1.13. The molecule has 0 heterocycles. The van der Waals surface area contributed by atoms with Gasteiger partial charge in [0.2, 0.25) is 0 Å². The smallest absolute Gasteiger partial charge is 0.335 e. The van der Waals surface area contributed by atoms with Crippen LogP contribution in [0.1, 0.15) is 36.0 Å². The molecule has 21 heavy (non-hydrogen) atoms. The molecule has 1 saturated carbocycles. The van der Waals surface area contributed by atoms with Gasteiger partial charge >= 0.3 is 5.97 Å². The number of nitro groups is 1. The molecule has 0 atom stereocenters. The molecule has 0 amide bonds. The molecular formula is C14H18N2O5. The fourth-order valence-electron chi connectivity index (χ4n) is 2.77. The molecule has 3 N–H and O–H groups in total. The van der Waals surface area contributed by atoms with Gasteiger partial charge in [-0.2, -0.15) is 0 Å². The molecule has 1 aliphatic carbocycles. The van der Waals surface area contributed by atoms with E-state index in [0.717, 1.165) is 25.7 Å². The Kier molecular flexibility index (Phi) is 4.42. The first-order valence-corrected chi connectivity index (χ1v) is 6.84. The van der Waals surface area contributed by atoms with Crippen molar-refractivity contribution in [2.24, 2.45) is 5.41 Å². The molecule has 0 radical (unpaired) electrons. The van der Waals surface area contributed by atoms with Crippen molar-refractivity contribution in [3.05, 3.63) is 33.9 Å². The number of rotatable bonds is 6. The second-order valence-electron chi connectivity index (χ2n) is 5.51. The molecule has 0 spiro atoms. The molecule has 2 rings (SSSR count). The molecule has 0 bridgehead atoms. The lowest BCUT2D eigenvalue weighted by molar-refractivity contribution is -0.384. The highest BCUT2D eigenvalue weighted by Crippen LogP contribution is 2.38. The summed E-state index contributed by atoms with van der Waals surface area (Å²) in [6.07, 6.45) is 3.78. The maximum absolute atomic E-state index is 11.0. The maximum atomic E-state index is 11.0. The number of carboxylic acid groups (broad SMARTS) is 1. The van der Waals surface area contributed by atoms with Crippen molar-refractivity contribution >= 4 is 17.3 Å². The number of nitrogens with one attached hydrogen (secondary N) is 1. The second kappa shape index (κ2) is 6.09. The van der Waals surface area contributed by atoms with Crippen molar-refractivity contribution in [1.29, 1.82) is 0 Å². The molecule has 1 aromatic carbocycles. The van der Waals surface area contributed by atoms with Crippen LogP contribution >= 0.6 is 0 Å². The van der Waals surface area contributed by atoms with Gasteiger partial charge in [0.1, 0.15) is 5.69 Å². The summed E-state index contributed by atoms with van der Waals surface area (Å²) >= 11 is 0. The third-order valence-corrected chi connectivity index (χ3v) is 4.09. The molecular weight excluding hydrogens is 276 g/mol. The highest BCUT2D eigenvalue weighted by Gasteiger charge is 2.33. The van der Waals surface area contributed by atoms with Crippen LogP contribution in [-0.4, -0.2) is 34.3 Å². The Morgan fingerprint density at radius 2 is 2.05 bits per heavy atom. The predicted molar refractivity (Wildman–Crippen MR) is 76.5 cm³/mol. The van der Waals surface area contributed by atoms with E-state index in [1.165, 1.54) is 18.2 Å². The van der Waals surface area contributed by atoms with Gasteiger partial charge in [-0.15, -0.1) is 0 Å². The molecule has 0 unspecified atom stereocenters. The summed E-state index contributed by atoms with van der Waals surface area (Å²) in [6.45, 7) is 0.416. The van der Waals surface area contributed by atoms with Gasteiger partial charge in [-0.25, -0.2) is 4.79 Å². The number of nitrogens with zero attached hydrogens (tertiary/aromatic N) is 1. The van der Waals surface area contributed by atoms with Crippen LogP contribution in [0.25, 0.3) is 0 Å². The summed E-state index contributed by atoms with van der Waals surface area (Å²) in [5, 5.41) is 32.5. The fraction of sp³-hybridized carbons (Fsp3) is 0.500. The van der Waals surface area contributed by atoms with Gasteiger partial charge in [0.15, 0.2) is 0 Å². The Bertz CT molecular complexity index is 552. The fourth-order valence-corrected chi connectivity index (χ4v) is 2.77. The zero-order valence-corrected chi connectivity index (χ0v) is 11.5. The third kappa shape index (κ3) is 3.30. The van der Waals surface area contributed by atoms with E-state index in [0.29, 0.717) is 6.54 Å². The van der Waals surface area contributed by atoms with Crippen molar-refractivity contribution in [2.75, 3.05) is 18.5 Å². The first kappa shape index (κ1) is 15.2. The van der Waals surface area contributed by atoms with Gasteiger partial charge in [-0.3, -0.25) is 10.1 Å². The minimum Gasteiger partial charge on any atom is -0.478 e. The van der Waals surface area contributed by atoms with Gasteiger partial charge < -0.3 is 15.5 Å². The number of benzene rings is 1. The number of aromatic carboxylic acids is 1. The van der Waals surface area contributed by atoms with Crippen molar-refractivity contribution in [3.63, 3.8) is 0 Å². The Morgan fingerprint density at radius 1 is 1.38 bits per heavy atom. The van der Waals surface area contributed by atoms with Gasteiger partial charge in [0.25, 0.3) is 5.69 Å². The average molecular weight is 294 g/mol. The Hall–Kier alpha value is -2.15. The average Bonchev–Trinajstić information content (AvgIpc) is 2.94. The highest BCUT2D eigenvalue weighted by molar-refractivity contribution is 5.90. The standard InChI is InChI=1S/C14H18N2O5/c17-9-14(5-1-2-6-14)8-15-11-7-10(13(18)19)3-4-12(11)16(20)21/h3-4,7,15,17H,1-2,5-6,8-9H2,(H,18,19). The molecule has 0 aliphatic heterocycles. The van der Waals surface area contributed by atoms with E-state index in [9.17, 15) is 20.0 Å². The van der Waals surface area contributed by atoms with Crippen LogP contribution < -0.4 is 5.32 Å². The first-order chi connectivity index (χ1) is 9.97. The topological polar surface area (TPSA) is 113 Å². The lowest BCUT2D eigenvalue weighted by atomic mass is 9.87. The summed E-state index contributed by atoms with van der Waals surface area (Å²) in [6, 6.07) is 3.66. The molecule has 114 valence electrons. The van der Waals surface area contributed by atoms with Crippen LogP contribution in [0, 0.1) is 15.5 Å². The monoisotopic (exact) mass is 294 g/mol. The van der Waals surface area contributed by atoms with Crippen LogP contribution in [0.4, 0.5) is 11.4 Å². The molecule has 1 aromatic rings. The zero-order chi connectivity index (χ0) is 15.5. The van der Waals surface area contributed by atoms with Gasteiger partial charge in [0.05, 0.1) is 17.1 Å². The Labute approximate surface area is 121 Å². The van der Waals surface area contributed by atoms with E-state index < -0.39 is 10.9 Å².